The van der Waals surface area contributed by atoms with Crippen molar-refractivity contribution in [3.05, 3.63) is 35.3 Å². The Labute approximate surface area is 284 Å². The van der Waals surface area contributed by atoms with Crippen LogP contribution in [0, 0.1) is 13.8 Å². The largest absolute Gasteiger partial charge is 0.442 e. The highest BCUT2D eigenvalue weighted by atomic mass is 16.5. The van der Waals surface area contributed by atoms with Gasteiger partial charge in [-0.15, -0.1) is 0 Å². The van der Waals surface area contributed by atoms with Crippen molar-refractivity contribution in [2.75, 3.05) is 37.1 Å². The van der Waals surface area contributed by atoms with Crippen LogP contribution in [0.5, 0.6) is 0 Å². The fraction of sp³-hybridized carbons (Fsp3) is 0.600. The summed E-state index contributed by atoms with van der Waals surface area (Å²) in [6.07, 6.45) is 10.6. The van der Waals surface area contributed by atoms with Gasteiger partial charge in [-0.05, 0) is 86.0 Å². The van der Waals surface area contributed by atoms with E-state index in [9.17, 15) is 9.59 Å². The number of anilines is 2. The molecule has 14 heteroatoms. The van der Waals surface area contributed by atoms with Crippen molar-refractivity contribution in [3.63, 3.8) is 0 Å². The molecule has 2 aliphatic heterocycles. The first-order valence-electron chi connectivity index (χ1n) is 17.3. The summed E-state index contributed by atoms with van der Waals surface area (Å²) >= 11 is 0. The molecule has 2 aliphatic carbocycles. The van der Waals surface area contributed by atoms with Gasteiger partial charge in [0.05, 0.1) is 21.9 Å². The molecule has 0 unspecified atom stereocenters. The third kappa shape index (κ3) is 7.20. The second-order valence-electron chi connectivity index (χ2n) is 14.7. The van der Waals surface area contributed by atoms with Crippen molar-refractivity contribution in [3.8, 4) is 0 Å². The van der Waals surface area contributed by atoms with Crippen molar-refractivity contribution >= 4 is 45.6 Å². The molecule has 0 bridgehead atoms. The Morgan fingerprint density at radius 3 is 1.61 bits per heavy atom. The lowest BCUT2D eigenvalue weighted by Gasteiger charge is -2.34. The predicted octanol–water partition coefficient (Wildman–Crippen LogP) is 5.20. The molecule has 6 heterocycles. The number of aromatic nitrogens is 4. The van der Waals surface area contributed by atoms with Crippen molar-refractivity contribution in [2.45, 2.75) is 109 Å². The molecular formula is C35H46N8O6. The van der Waals surface area contributed by atoms with Gasteiger partial charge in [0.15, 0.2) is 0 Å². The van der Waals surface area contributed by atoms with Crippen LogP contribution in [0.3, 0.4) is 0 Å². The van der Waals surface area contributed by atoms with Crippen LogP contribution < -0.4 is 21.3 Å². The van der Waals surface area contributed by atoms with E-state index >= 15 is 0 Å². The maximum Gasteiger partial charge on any atom is 0.256 e. The predicted molar refractivity (Wildman–Crippen MR) is 183 cm³/mol. The zero-order valence-electron chi connectivity index (χ0n) is 29.0. The minimum atomic E-state index is -0.267. The van der Waals surface area contributed by atoms with Gasteiger partial charge >= 0.3 is 0 Å². The molecule has 49 heavy (non-hydrogen) atoms. The number of hydrogen-bond acceptors (Lipinski definition) is 12. The lowest BCUT2D eigenvalue weighted by molar-refractivity contribution is 0.0422. The first-order valence-corrected chi connectivity index (χ1v) is 17.3. The van der Waals surface area contributed by atoms with Gasteiger partial charge < -0.3 is 39.6 Å². The zero-order valence-corrected chi connectivity index (χ0v) is 29.0. The van der Waals surface area contributed by atoms with Crippen LogP contribution in [0.1, 0.15) is 104 Å². The second-order valence-corrected chi connectivity index (χ2v) is 14.7. The Hall–Kier alpha value is -4.30. The van der Waals surface area contributed by atoms with Crippen LogP contribution in [-0.4, -0.2) is 80.8 Å². The number of nitrogens with zero attached hydrogens (tertiary/aromatic N) is 4. The van der Waals surface area contributed by atoms with Crippen LogP contribution in [-0.2, 0) is 9.47 Å². The summed E-state index contributed by atoms with van der Waals surface area (Å²) in [4.78, 5) is 43.0. The van der Waals surface area contributed by atoms with Gasteiger partial charge in [0.2, 0.25) is 11.4 Å². The van der Waals surface area contributed by atoms with E-state index in [4.69, 9.17) is 18.3 Å². The number of fused-ring (bicyclic) bond motifs is 2. The molecule has 0 spiro atoms. The topological polar surface area (TPSA) is 179 Å². The average Bonchev–Trinajstić information content (AvgIpc) is 3.90. The molecule has 0 aromatic carbocycles. The first kappa shape index (κ1) is 33.2. The minimum absolute atomic E-state index is 0.0485. The number of hydrogen-bond donors (Lipinski definition) is 4. The fourth-order valence-electron chi connectivity index (χ4n) is 6.40. The van der Waals surface area contributed by atoms with E-state index in [1.165, 1.54) is 12.7 Å². The molecule has 2 saturated carbocycles. The molecule has 4 aromatic heterocycles. The molecule has 8 rings (SSSR count). The van der Waals surface area contributed by atoms with Gasteiger partial charge in [0.1, 0.15) is 35.8 Å². The molecule has 0 atom stereocenters. The number of rotatable bonds is 8. The maximum atomic E-state index is 13.1. The van der Waals surface area contributed by atoms with Gasteiger partial charge in [0, 0.05) is 49.1 Å². The summed E-state index contributed by atoms with van der Waals surface area (Å²) in [6.45, 7) is 12.6. The Balaban J connectivity index is 0.000000154. The Bertz CT molecular complexity index is 1860. The van der Waals surface area contributed by atoms with E-state index in [-0.39, 0.29) is 34.5 Å². The smallest absolute Gasteiger partial charge is 0.256 e. The molecule has 0 radical (unpaired) electrons. The monoisotopic (exact) mass is 674 g/mol. The normalized spacial score (nSPS) is 20.6. The van der Waals surface area contributed by atoms with E-state index in [2.05, 4.69) is 62.0 Å². The molecule has 262 valence electrons. The summed E-state index contributed by atoms with van der Waals surface area (Å²) in [5.41, 5.74) is 1.79. The van der Waals surface area contributed by atoms with Crippen molar-refractivity contribution < 1.29 is 27.9 Å². The summed E-state index contributed by atoms with van der Waals surface area (Å²) in [5.74, 6) is 2.21. The molecule has 4 aliphatic rings. The Kier molecular flexibility index (Phi) is 8.72. The lowest BCUT2D eigenvalue weighted by atomic mass is 9.92. The van der Waals surface area contributed by atoms with Crippen LogP contribution in [0.15, 0.2) is 21.5 Å². The highest BCUT2D eigenvalue weighted by molar-refractivity contribution is 6.11. The third-order valence-corrected chi connectivity index (χ3v) is 10.2. The first-order chi connectivity index (χ1) is 23.4. The molecule has 2 amide bonds. The molecule has 4 N–H and O–H groups in total. The van der Waals surface area contributed by atoms with Crippen molar-refractivity contribution in [2.24, 2.45) is 0 Å². The van der Waals surface area contributed by atoms with Gasteiger partial charge in [-0.2, -0.15) is 0 Å². The molecule has 4 aromatic rings. The van der Waals surface area contributed by atoms with E-state index in [0.717, 1.165) is 51.4 Å². The van der Waals surface area contributed by atoms with E-state index in [1.54, 1.807) is 13.8 Å². The molecule has 4 fully saturated rings. The van der Waals surface area contributed by atoms with Gasteiger partial charge in [-0.25, -0.2) is 19.9 Å². The van der Waals surface area contributed by atoms with Crippen LogP contribution >= 0.6 is 0 Å². The quantitative estimate of drug-likeness (QED) is 0.192. The SMILES string of the molecule is Cc1oc2ncnc(NC3(C)CC3)c2c1C(=O)NC1(C)CCOCC1.Cc1oc2ncnc(NC3(C)CC3)c2c1C(=O)NC1CCOCC1. The standard InChI is InChI=1S/C18H24N4O3.C17H22N4O3/c1-11-12(15(23)22-18(3)6-8-24-9-7-18)13-14(21-17(2)4-5-17)19-10-20-16(13)25-11;1-10-12(15(22)20-11-3-7-23-8-4-11)13-14(21-17(2)5-6-17)18-9-19-16(13)24-10/h10H,4-9H2,1-3H3,(H,22,23)(H,19,20,21);9,11H,3-8H2,1-2H3,(H,20,22)(H,18,19,21). The number of amides is 2. The summed E-state index contributed by atoms with van der Waals surface area (Å²) < 4.78 is 22.2. The Morgan fingerprint density at radius 2 is 1.12 bits per heavy atom. The van der Waals surface area contributed by atoms with Crippen molar-refractivity contribution in [1.29, 1.82) is 0 Å². The fourth-order valence-corrected chi connectivity index (χ4v) is 6.40. The highest BCUT2D eigenvalue weighted by Crippen LogP contribution is 2.41. The number of carbonyl (C=O) groups is 2. The number of furan rings is 2. The van der Waals surface area contributed by atoms with Gasteiger partial charge in [0.25, 0.3) is 11.8 Å². The maximum absolute atomic E-state index is 13.1. The number of nitrogens with one attached hydrogen (secondary N) is 4. The molecule has 14 nitrogen and oxygen atoms in total. The summed E-state index contributed by atoms with van der Waals surface area (Å²) in [5, 5.41) is 14.5. The number of ether oxygens (including phenoxy) is 2. The van der Waals surface area contributed by atoms with E-state index < -0.39 is 0 Å². The Morgan fingerprint density at radius 1 is 0.653 bits per heavy atom. The van der Waals surface area contributed by atoms with E-state index in [0.29, 0.717) is 82.9 Å². The van der Waals surface area contributed by atoms with Crippen LogP contribution in [0.25, 0.3) is 22.2 Å². The van der Waals surface area contributed by atoms with Gasteiger partial charge in [-0.1, -0.05) is 0 Å². The van der Waals surface area contributed by atoms with Gasteiger partial charge in [-0.3, -0.25) is 9.59 Å². The van der Waals surface area contributed by atoms with Crippen LogP contribution in [0.4, 0.5) is 11.6 Å². The molecular weight excluding hydrogens is 628 g/mol. The number of carbonyl (C=O) groups excluding carboxylic acids is 2. The van der Waals surface area contributed by atoms with E-state index in [1.807, 2.05) is 0 Å². The molecule has 2 saturated heterocycles. The van der Waals surface area contributed by atoms with Crippen molar-refractivity contribution in [1.82, 2.24) is 30.6 Å². The highest BCUT2D eigenvalue weighted by Gasteiger charge is 2.40. The zero-order chi connectivity index (χ0) is 34.4. The average molecular weight is 675 g/mol. The number of aryl methyl sites for hydroxylation is 2. The lowest BCUT2D eigenvalue weighted by Crippen LogP contribution is -2.49. The summed E-state index contributed by atoms with van der Waals surface area (Å²) in [7, 11) is 0. The summed E-state index contributed by atoms with van der Waals surface area (Å²) in [6, 6.07) is 0.137. The third-order valence-electron chi connectivity index (χ3n) is 10.2. The minimum Gasteiger partial charge on any atom is -0.442 e. The van der Waals surface area contributed by atoms with Crippen LogP contribution in [0.2, 0.25) is 0 Å². The second kappa shape index (κ2) is 12.9.